The molecule has 4 aromatic rings. The maximum Gasteiger partial charge on any atom is 0.284 e. The van der Waals surface area contributed by atoms with Gasteiger partial charge in [0.05, 0.1) is 30.2 Å². The monoisotopic (exact) mass is 376 g/mol. The average molecular weight is 376 g/mol. The molecule has 0 aliphatic heterocycles. The van der Waals surface area contributed by atoms with Gasteiger partial charge in [0.25, 0.3) is 11.8 Å². The summed E-state index contributed by atoms with van der Waals surface area (Å²) in [5.74, 6) is -0.506. The summed E-state index contributed by atoms with van der Waals surface area (Å²) in [7, 11) is 1.53. The molecule has 2 heterocycles. The molecule has 2 aromatic carbocycles. The van der Waals surface area contributed by atoms with E-state index in [1.165, 1.54) is 18.3 Å². The number of carbonyl (C=O) groups excluding carboxylic acids is 2. The Kier molecular flexibility index (Phi) is 4.24. The van der Waals surface area contributed by atoms with Gasteiger partial charge in [-0.2, -0.15) is 0 Å². The number of fused-ring (bicyclic) bond motifs is 1. The van der Waals surface area contributed by atoms with Crippen LogP contribution in [-0.4, -0.2) is 38.9 Å². The first-order chi connectivity index (χ1) is 13.6. The molecule has 2 aromatic heterocycles. The van der Waals surface area contributed by atoms with Gasteiger partial charge < -0.3 is 20.4 Å². The molecule has 0 aliphatic carbocycles. The summed E-state index contributed by atoms with van der Waals surface area (Å²) < 4.78 is 5.27. The fourth-order valence-electron chi connectivity index (χ4n) is 2.89. The van der Waals surface area contributed by atoms with E-state index in [0.29, 0.717) is 17.0 Å². The molecule has 4 N–H and O–H groups in total. The van der Waals surface area contributed by atoms with E-state index < -0.39 is 11.8 Å². The molecular weight excluding hydrogens is 360 g/mol. The van der Waals surface area contributed by atoms with Crippen molar-refractivity contribution >= 4 is 34.5 Å². The molecule has 2 amide bonds. The summed E-state index contributed by atoms with van der Waals surface area (Å²) in [4.78, 5) is 40.5. The van der Waals surface area contributed by atoms with Gasteiger partial charge in [0.1, 0.15) is 11.4 Å². The smallest absolute Gasteiger partial charge is 0.284 e. The van der Waals surface area contributed by atoms with Gasteiger partial charge in [-0.05, 0) is 24.3 Å². The molecule has 9 heteroatoms. The molecule has 0 radical (unpaired) electrons. The Bertz CT molecular complexity index is 1150. The number of benzene rings is 2. The van der Waals surface area contributed by atoms with Crippen molar-refractivity contribution in [2.75, 3.05) is 12.0 Å². The first-order valence-corrected chi connectivity index (χ1v) is 8.35. The van der Waals surface area contributed by atoms with E-state index in [0.717, 1.165) is 5.52 Å². The number of ether oxygens (including phenoxy) is 1. The predicted octanol–water partition coefficient (Wildman–Crippen LogP) is 2.37. The molecule has 0 fully saturated rings. The number of methoxy groups -OCH3 is 1. The van der Waals surface area contributed by atoms with Crippen molar-refractivity contribution in [1.82, 2.24) is 19.9 Å². The minimum Gasteiger partial charge on any atom is -0.497 e. The van der Waals surface area contributed by atoms with Crippen molar-refractivity contribution in [2.45, 2.75) is 0 Å². The zero-order chi connectivity index (χ0) is 19.7. The number of carbonyl (C=O) groups is 2. The van der Waals surface area contributed by atoms with Crippen LogP contribution in [0.3, 0.4) is 0 Å². The normalized spacial score (nSPS) is 10.8. The maximum atomic E-state index is 13.4. The number of nitrogens with zero attached hydrogens (tertiary/aromatic N) is 3. The molecule has 9 nitrogen and oxygen atoms in total. The van der Waals surface area contributed by atoms with Crippen LogP contribution >= 0.6 is 0 Å². The molecule has 140 valence electrons. The number of para-hydroxylation sites is 2. The third-order valence-corrected chi connectivity index (χ3v) is 4.19. The zero-order valence-corrected chi connectivity index (χ0v) is 14.8. The average Bonchev–Trinajstić information content (AvgIpc) is 3.35. The number of hydrogen-bond acceptors (Lipinski definition) is 5. The Morgan fingerprint density at radius 1 is 1.14 bits per heavy atom. The number of anilines is 2. The predicted molar refractivity (Wildman–Crippen MR) is 103 cm³/mol. The lowest BCUT2D eigenvalue weighted by Crippen LogP contribution is -2.29. The third-order valence-electron chi connectivity index (χ3n) is 4.19. The molecule has 0 aliphatic rings. The SMILES string of the molecule is COc1cccc(N(C(=O)c2[nH]cnc2C(N)=O)c2nc3ccccc3[nH]2)c1. The summed E-state index contributed by atoms with van der Waals surface area (Å²) in [6, 6.07) is 14.3. The number of nitrogens with one attached hydrogen (secondary N) is 2. The minimum atomic E-state index is -0.806. The lowest BCUT2D eigenvalue weighted by molar-refractivity contribution is 0.0961. The highest BCUT2D eigenvalue weighted by molar-refractivity contribution is 6.14. The van der Waals surface area contributed by atoms with Crippen molar-refractivity contribution in [3.8, 4) is 5.75 Å². The number of nitrogens with two attached hydrogens (primary N) is 1. The molecular formula is C19H16N6O3. The van der Waals surface area contributed by atoms with Crippen LogP contribution in [0.2, 0.25) is 0 Å². The summed E-state index contributed by atoms with van der Waals surface area (Å²) in [5.41, 5.74) is 7.12. The number of aromatic nitrogens is 4. The Morgan fingerprint density at radius 3 is 2.71 bits per heavy atom. The second-order valence-electron chi connectivity index (χ2n) is 5.91. The standard InChI is InChI=1S/C19H16N6O3/c1-28-12-6-4-5-11(9-12)25(18(27)16-15(17(20)26)21-10-22-16)19-23-13-7-2-3-8-14(13)24-19/h2-10H,1H3,(H2,20,26)(H,21,22)(H,23,24). The molecule has 0 saturated heterocycles. The summed E-state index contributed by atoms with van der Waals surface area (Å²) in [6.07, 6.45) is 1.25. The van der Waals surface area contributed by atoms with Crippen LogP contribution in [0.5, 0.6) is 5.75 Å². The Morgan fingerprint density at radius 2 is 1.96 bits per heavy atom. The van der Waals surface area contributed by atoms with Crippen molar-refractivity contribution in [1.29, 1.82) is 0 Å². The Labute approximate surface area is 159 Å². The molecule has 0 atom stereocenters. The third kappa shape index (κ3) is 2.94. The van der Waals surface area contributed by atoms with E-state index in [9.17, 15) is 9.59 Å². The van der Waals surface area contributed by atoms with E-state index in [2.05, 4.69) is 19.9 Å². The van der Waals surface area contributed by atoms with Gasteiger partial charge in [0.15, 0.2) is 5.69 Å². The van der Waals surface area contributed by atoms with Crippen LogP contribution in [0.25, 0.3) is 11.0 Å². The van der Waals surface area contributed by atoms with Gasteiger partial charge in [-0.15, -0.1) is 0 Å². The highest BCUT2D eigenvalue weighted by Gasteiger charge is 2.28. The molecule has 28 heavy (non-hydrogen) atoms. The van der Waals surface area contributed by atoms with Gasteiger partial charge in [0, 0.05) is 6.07 Å². The van der Waals surface area contributed by atoms with Crippen molar-refractivity contribution in [3.05, 3.63) is 66.2 Å². The number of primary amides is 1. The van der Waals surface area contributed by atoms with Gasteiger partial charge in [-0.25, -0.2) is 14.9 Å². The molecule has 0 unspecified atom stereocenters. The Balaban J connectivity index is 1.89. The lowest BCUT2D eigenvalue weighted by atomic mass is 10.2. The van der Waals surface area contributed by atoms with Gasteiger partial charge in [-0.3, -0.25) is 9.59 Å². The molecule has 0 spiro atoms. The minimum absolute atomic E-state index is 0.0317. The summed E-state index contributed by atoms with van der Waals surface area (Å²) in [5, 5.41) is 0. The van der Waals surface area contributed by atoms with Crippen molar-refractivity contribution in [3.63, 3.8) is 0 Å². The van der Waals surface area contributed by atoms with E-state index in [1.54, 1.807) is 24.3 Å². The maximum absolute atomic E-state index is 13.4. The summed E-state index contributed by atoms with van der Waals surface area (Å²) in [6.45, 7) is 0. The highest BCUT2D eigenvalue weighted by Crippen LogP contribution is 2.30. The van der Waals surface area contributed by atoms with Gasteiger partial charge in [0.2, 0.25) is 5.95 Å². The summed E-state index contributed by atoms with van der Waals surface area (Å²) >= 11 is 0. The Hall–Kier alpha value is -4.14. The fraction of sp³-hybridized carbons (Fsp3) is 0.0526. The number of rotatable bonds is 5. The molecule has 0 bridgehead atoms. The highest BCUT2D eigenvalue weighted by atomic mass is 16.5. The van der Waals surface area contributed by atoms with Gasteiger partial charge >= 0.3 is 0 Å². The van der Waals surface area contributed by atoms with E-state index in [-0.39, 0.29) is 17.3 Å². The van der Waals surface area contributed by atoms with E-state index in [4.69, 9.17) is 10.5 Å². The van der Waals surface area contributed by atoms with Crippen LogP contribution in [0.4, 0.5) is 11.6 Å². The van der Waals surface area contributed by atoms with Crippen LogP contribution in [0, 0.1) is 0 Å². The molecule has 0 saturated carbocycles. The molecule has 4 rings (SSSR count). The van der Waals surface area contributed by atoms with Crippen LogP contribution in [0.1, 0.15) is 21.0 Å². The van der Waals surface area contributed by atoms with Crippen molar-refractivity contribution < 1.29 is 14.3 Å². The number of H-pyrrole nitrogens is 2. The number of hydrogen-bond donors (Lipinski definition) is 3. The quantitative estimate of drug-likeness (QED) is 0.492. The first kappa shape index (κ1) is 17.3. The fourth-order valence-corrected chi connectivity index (χ4v) is 2.89. The number of aromatic amines is 2. The van der Waals surface area contributed by atoms with E-state index >= 15 is 0 Å². The van der Waals surface area contributed by atoms with Crippen LogP contribution in [-0.2, 0) is 0 Å². The lowest BCUT2D eigenvalue weighted by Gasteiger charge is -2.20. The second kappa shape index (κ2) is 6.88. The first-order valence-electron chi connectivity index (χ1n) is 8.35. The number of amides is 2. The largest absolute Gasteiger partial charge is 0.497 e. The topological polar surface area (TPSA) is 130 Å². The zero-order valence-electron chi connectivity index (χ0n) is 14.8. The second-order valence-corrected chi connectivity index (χ2v) is 5.91. The van der Waals surface area contributed by atoms with E-state index in [1.807, 2.05) is 24.3 Å². The van der Waals surface area contributed by atoms with Crippen molar-refractivity contribution in [2.24, 2.45) is 5.73 Å². The number of imidazole rings is 2. The van der Waals surface area contributed by atoms with Crippen LogP contribution < -0.4 is 15.4 Å². The van der Waals surface area contributed by atoms with Crippen LogP contribution in [0.15, 0.2) is 54.9 Å². The van der Waals surface area contributed by atoms with Gasteiger partial charge in [-0.1, -0.05) is 18.2 Å².